The van der Waals surface area contributed by atoms with E-state index in [2.05, 4.69) is 0 Å². The first kappa shape index (κ1) is 13.3. The third-order valence-electron chi connectivity index (χ3n) is 3.22. The first-order valence-electron chi connectivity index (χ1n) is 6.01. The Morgan fingerprint density at radius 1 is 1.28 bits per heavy atom. The summed E-state index contributed by atoms with van der Waals surface area (Å²) < 4.78 is 10.5. The molecule has 0 aromatic carbocycles. The lowest BCUT2D eigenvalue weighted by Gasteiger charge is -2.33. The molecule has 102 valence electrons. The molecule has 0 radical (unpaired) electrons. The highest BCUT2D eigenvalue weighted by Crippen LogP contribution is 2.22. The number of carboxylic acid groups (broad SMARTS) is 1. The lowest BCUT2D eigenvalue weighted by atomic mass is 10.1. The smallest absolute Gasteiger partial charge is 0.332 e. The van der Waals surface area contributed by atoms with Crippen molar-refractivity contribution in [2.45, 2.75) is 31.2 Å². The Balaban J connectivity index is 1.89. The minimum absolute atomic E-state index is 0.132. The van der Waals surface area contributed by atoms with Gasteiger partial charge < -0.3 is 24.6 Å². The number of hydrogen-bond donors (Lipinski definition) is 2. The van der Waals surface area contributed by atoms with Crippen LogP contribution in [0, 0.1) is 0 Å². The van der Waals surface area contributed by atoms with Crippen molar-refractivity contribution in [1.82, 2.24) is 4.90 Å². The minimum atomic E-state index is -1.03. The monoisotopic (exact) mass is 259 g/mol. The predicted octanol–water partition coefficient (Wildman–Crippen LogP) is -1.16. The molecular formula is C11H17NO6. The summed E-state index contributed by atoms with van der Waals surface area (Å²) in [6.45, 7) is 1.03. The first-order chi connectivity index (χ1) is 8.61. The number of aliphatic hydroxyl groups is 1. The van der Waals surface area contributed by atoms with E-state index in [4.69, 9.17) is 19.7 Å². The van der Waals surface area contributed by atoms with Gasteiger partial charge >= 0.3 is 5.97 Å². The highest BCUT2D eigenvalue weighted by atomic mass is 16.5. The summed E-state index contributed by atoms with van der Waals surface area (Å²) in [6.07, 6.45) is -1.13. The average Bonchev–Trinajstić information content (AvgIpc) is 2.87. The van der Waals surface area contributed by atoms with Gasteiger partial charge in [-0.2, -0.15) is 0 Å². The van der Waals surface area contributed by atoms with Gasteiger partial charge in [0.2, 0.25) is 0 Å². The highest BCUT2D eigenvalue weighted by Gasteiger charge is 2.38. The lowest BCUT2D eigenvalue weighted by molar-refractivity contribution is -0.158. The van der Waals surface area contributed by atoms with E-state index < -0.39 is 18.2 Å². The van der Waals surface area contributed by atoms with Crippen LogP contribution in [0.5, 0.6) is 0 Å². The Morgan fingerprint density at radius 2 is 2.00 bits per heavy atom. The average molecular weight is 259 g/mol. The summed E-state index contributed by atoms with van der Waals surface area (Å²) in [5.41, 5.74) is 0. The molecule has 2 heterocycles. The van der Waals surface area contributed by atoms with Crippen LogP contribution in [0.15, 0.2) is 0 Å². The number of carbonyl (C=O) groups is 2. The van der Waals surface area contributed by atoms with Crippen LogP contribution in [0.2, 0.25) is 0 Å². The number of aliphatic carboxylic acids is 1. The van der Waals surface area contributed by atoms with Crippen LogP contribution >= 0.6 is 0 Å². The Bertz CT molecular complexity index is 333. The molecule has 0 saturated carbocycles. The van der Waals surface area contributed by atoms with Gasteiger partial charge in [-0.05, 0) is 12.8 Å². The van der Waals surface area contributed by atoms with E-state index in [1.54, 1.807) is 4.90 Å². The maximum atomic E-state index is 12.1. The highest BCUT2D eigenvalue weighted by molar-refractivity contribution is 5.82. The summed E-state index contributed by atoms with van der Waals surface area (Å²) in [6, 6.07) is 0. The van der Waals surface area contributed by atoms with Crippen molar-refractivity contribution in [3.05, 3.63) is 0 Å². The lowest BCUT2D eigenvalue weighted by Crippen LogP contribution is -2.50. The fourth-order valence-electron chi connectivity index (χ4n) is 2.23. The van der Waals surface area contributed by atoms with Crippen LogP contribution in [0.1, 0.15) is 12.8 Å². The van der Waals surface area contributed by atoms with Gasteiger partial charge in [0.1, 0.15) is 6.10 Å². The molecule has 7 nitrogen and oxygen atoms in total. The predicted molar refractivity (Wildman–Crippen MR) is 58.9 cm³/mol. The fraction of sp³-hybridized carbons (Fsp3) is 0.818. The number of carbonyl (C=O) groups excluding carboxylic acids is 1. The quantitative estimate of drug-likeness (QED) is 0.663. The van der Waals surface area contributed by atoms with Gasteiger partial charge in [-0.1, -0.05) is 0 Å². The van der Waals surface area contributed by atoms with Crippen molar-refractivity contribution in [2.75, 3.05) is 26.3 Å². The molecule has 0 bridgehead atoms. The molecule has 3 unspecified atom stereocenters. The Labute approximate surface area is 104 Å². The fourth-order valence-corrected chi connectivity index (χ4v) is 2.23. The largest absolute Gasteiger partial charge is 0.479 e. The SMILES string of the molecule is O=C(O)C1CCC(C(=O)N2CCOC(CO)C2)O1. The van der Waals surface area contributed by atoms with Gasteiger partial charge in [0.05, 0.1) is 19.3 Å². The van der Waals surface area contributed by atoms with Crippen molar-refractivity contribution in [2.24, 2.45) is 0 Å². The third-order valence-corrected chi connectivity index (χ3v) is 3.22. The maximum absolute atomic E-state index is 12.1. The van der Waals surface area contributed by atoms with Crippen molar-refractivity contribution < 1.29 is 29.3 Å². The molecule has 2 rings (SSSR count). The zero-order valence-corrected chi connectivity index (χ0v) is 9.95. The van der Waals surface area contributed by atoms with E-state index >= 15 is 0 Å². The van der Waals surface area contributed by atoms with Gasteiger partial charge in [-0.25, -0.2) is 4.79 Å². The number of nitrogens with zero attached hydrogens (tertiary/aromatic N) is 1. The second-order valence-electron chi connectivity index (χ2n) is 4.49. The van der Waals surface area contributed by atoms with Crippen LogP contribution < -0.4 is 0 Å². The molecule has 2 aliphatic rings. The number of morpholine rings is 1. The van der Waals surface area contributed by atoms with E-state index in [0.717, 1.165) is 0 Å². The molecule has 0 aromatic rings. The molecule has 3 atom stereocenters. The number of carboxylic acids is 1. The molecule has 2 fully saturated rings. The second-order valence-corrected chi connectivity index (χ2v) is 4.49. The number of amides is 1. The van der Waals surface area contributed by atoms with Gasteiger partial charge in [0.25, 0.3) is 5.91 Å². The van der Waals surface area contributed by atoms with Crippen molar-refractivity contribution in [3.63, 3.8) is 0 Å². The topological polar surface area (TPSA) is 96.3 Å². The summed E-state index contributed by atoms with van der Waals surface area (Å²) in [7, 11) is 0. The van der Waals surface area contributed by atoms with Crippen LogP contribution in [0.4, 0.5) is 0 Å². The Hall–Kier alpha value is -1.18. The summed E-state index contributed by atoms with van der Waals surface area (Å²) in [5, 5.41) is 17.8. The number of rotatable bonds is 3. The van der Waals surface area contributed by atoms with Gasteiger partial charge in [0, 0.05) is 13.1 Å². The molecule has 2 saturated heterocycles. The van der Waals surface area contributed by atoms with Crippen LogP contribution in [-0.2, 0) is 19.1 Å². The van der Waals surface area contributed by atoms with Gasteiger partial charge in [-0.15, -0.1) is 0 Å². The molecule has 2 aliphatic heterocycles. The van der Waals surface area contributed by atoms with Crippen LogP contribution in [-0.4, -0.2) is 71.6 Å². The maximum Gasteiger partial charge on any atom is 0.332 e. The standard InChI is InChI=1S/C11H17NO6/c13-6-7-5-12(3-4-17-7)10(14)8-1-2-9(18-8)11(15)16/h7-9,13H,1-6H2,(H,15,16). The third kappa shape index (κ3) is 2.80. The molecule has 0 spiro atoms. The van der Waals surface area contributed by atoms with E-state index in [0.29, 0.717) is 32.5 Å². The minimum Gasteiger partial charge on any atom is -0.479 e. The summed E-state index contributed by atoms with van der Waals surface area (Å²) in [4.78, 5) is 24.4. The van der Waals surface area contributed by atoms with Crippen molar-refractivity contribution >= 4 is 11.9 Å². The van der Waals surface area contributed by atoms with E-state index in [-0.39, 0.29) is 18.6 Å². The van der Waals surface area contributed by atoms with Crippen LogP contribution in [0.25, 0.3) is 0 Å². The number of aliphatic hydroxyl groups excluding tert-OH is 1. The zero-order valence-electron chi connectivity index (χ0n) is 9.95. The second kappa shape index (κ2) is 5.64. The van der Waals surface area contributed by atoms with Crippen LogP contribution in [0.3, 0.4) is 0 Å². The van der Waals surface area contributed by atoms with E-state index in [1.165, 1.54) is 0 Å². The molecular weight excluding hydrogens is 242 g/mol. The Kier molecular flexibility index (Phi) is 4.15. The number of hydrogen-bond acceptors (Lipinski definition) is 5. The van der Waals surface area contributed by atoms with Crippen molar-refractivity contribution in [3.8, 4) is 0 Å². The molecule has 0 aromatic heterocycles. The molecule has 7 heteroatoms. The van der Waals surface area contributed by atoms with Gasteiger partial charge in [-0.3, -0.25) is 4.79 Å². The number of ether oxygens (including phenoxy) is 2. The van der Waals surface area contributed by atoms with E-state index in [1.807, 2.05) is 0 Å². The first-order valence-corrected chi connectivity index (χ1v) is 6.01. The van der Waals surface area contributed by atoms with Gasteiger partial charge in [0.15, 0.2) is 6.10 Å². The Morgan fingerprint density at radius 3 is 2.61 bits per heavy atom. The zero-order chi connectivity index (χ0) is 13.1. The van der Waals surface area contributed by atoms with Crippen molar-refractivity contribution in [1.29, 1.82) is 0 Å². The molecule has 2 N–H and O–H groups in total. The normalized spacial score (nSPS) is 32.5. The summed E-state index contributed by atoms with van der Waals surface area (Å²) in [5.74, 6) is -1.24. The summed E-state index contributed by atoms with van der Waals surface area (Å²) >= 11 is 0. The van der Waals surface area contributed by atoms with E-state index in [9.17, 15) is 9.59 Å². The molecule has 1 amide bonds. The molecule has 0 aliphatic carbocycles. The molecule has 18 heavy (non-hydrogen) atoms.